The molecule has 0 saturated carbocycles. The standard InChI is InChI=1S/C16H15ClINOS/c1-2-6-19-15(11-8-14(18)21-9-11)13-7-10-4-3-5-12(17)16(10)20-13/h3-5,7-9,15,19H,2,6H2,1H3. The predicted molar refractivity (Wildman–Crippen MR) is 98.4 cm³/mol. The van der Waals surface area contributed by atoms with Gasteiger partial charge in [-0.1, -0.05) is 30.7 Å². The lowest BCUT2D eigenvalue weighted by Crippen LogP contribution is -2.22. The molecule has 1 aromatic carbocycles. The first-order chi connectivity index (χ1) is 10.2. The number of rotatable bonds is 5. The lowest BCUT2D eigenvalue weighted by molar-refractivity contribution is 0.470. The van der Waals surface area contributed by atoms with Crippen molar-refractivity contribution in [3.63, 3.8) is 0 Å². The van der Waals surface area contributed by atoms with Crippen molar-refractivity contribution in [3.05, 3.63) is 54.9 Å². The molecule has 0 amide bonds. The molecule has 1 unspecified atom stereocenters. The summed E-state index contributed by atoms with van der Waals surface area (Å²) in [6, 6.07) is 10.2. The number of nitrogens with one attached hydrogen (secondary N) is 1. The fraction of sp³-hybridized carbons (Fsp3) is 0.250. The van der Waals surface area contributed by atoms with Crippen molar-refractivity contribution in [3.8, 4) is 0 Å². The number of fused-ring (bicyclic) bond motifs is 1. The van der Waals surface area contributed by atoms with Crippen LogP contribution in [0, 0.1) is 2.88 Å². The van der Waals surface area contributed by atoms with Gasteiger partial charge in [-0.2, -0.15) is 0 Å². The number of halogens is 2. The maximum absolute atomic E-state index is 6.22. The van der Waals surface area contributed by atoms with Crippen molar-refractivity contribution in [2.75, 3.05) is 6.54 Å². The highest BCUT2D eigenvalue weighted by Crippen LogP contribution is 2.33. The summed E-state index contributed by atoms with van der Waals surface area (Å²) < 4.78 is 7.31. The van der Waals surface area contributed by atoms with E-state index < -0.39 is 0 Å². The van der Waals surface area contributed by atoms with Crippen LogP contribution in [0.15, 0.2) is 40.1 Å². The molecule has 21 heavy (non-hydrogen) atoms. The molecule has 5 heteroatoms. The topological polar surface area (TPSA) is 25.2 Å². The van der Waals surface area contributed by atoms with Crippen LogP contribution in [0.2, 0.25) is 5.02 Å². The number of para-hydroxylation sites is 1. The van der Waals surface area contributed by atoms with Gasteiger partial charge in [0.15, 0.2) is 5.58 Å². The molecule has 2 aromatic heterocycles. The molecule has 0 aliphatic rings. The van der Waals surface area contributed by atoms with Gasteiger partial charge in [-0.25, -0.2) is 0 Å². The third kappa shape index (κ3) is 3.28. The minimum atomic E-state index is 0.0770. The van der Waals surface area contributed by atoms with E-state index in [1.807, 2.05) is 18.2 Å². The quantitative estimate of drug-likeness (QED) is 0.513. The molecule has 0 spiro atoms. The second-order valence-corrected chi connectivity index (χ2v) is 8.09. The van der Waals surface area contributed by atoms with Crippen molar-refractivity contribution >= 4 is 56.5 Å². The summed E-state index contributed by atoms with van der Waals surface area (Å²) in [5.74, 6) is 0.917. The lowest BCUT2D eigenvalue weighted by Gasteiger charge is -2.14. The van der Waals surface area contributed by atoms with Gasteiger partial charge < -0.3 is 9.73 Å². The number of hydrogen-bond acceptors (Lipinski definition) is 3. The molecule has 1 N–H and O–H groups in total. The second-order valence-electron chi connectivity index (χ2n) is 4.88. The summed E-state index contributed by atoms with van der Waals surface area (Å²) in [6.07, 6.45) is 1.08. The van der Waals surface area contributed by atoms with Gasteiger partial charge in [0.2, 0.25) is 0 Å². The Morgan fingerprint density at radius 3 is 2.90 bits per heavy atom. The fourth-order valence-electron chi connectivity index (χ4n) is 2.34. The van der Waals surface area contributed by atoms with Crippen molar-refractivity contribution in [2.24, 2.45) is 0 Å². The van der Waals surface area contributed by atoms with Gasteiger partial charge >= 0.3 is 0 Å². The van der Waals surface area contributed by atoms with E-state index in [1.54, 1.807) is 11.3 Å². The largest absolute Gasteiger partial charge is 0.457 e. The van der Waals surface area contributed by atoms with Gasteiger partial charge in [0.05, 0.1) is 13.9 Å². The first kappa shape index (κ1) is 15.3. The van der Waals surface area contributed by atoms with Crippen molar-refractivity contribution in [1.29, 1.82) is 0 Å². The molecule has 1 atom stereocenters. The molecule has 2 heterocycles. The zero-order chi connectivity index (χ0) is 14.8. The second kappa shape index (κ2) is 6.69. The average molecular weight is 432 g/mol. The van der Waals surface area contributed by atoms with Gasteiger partial charge in [-0.15, -0.1) is 11.3 Å². The molecule has 0 bridgehead atoms. The van der Waals surface area contributed by atoms with Crippen LogP contribution in [-0.2, 0) is 0 Å². The molecule has 3 rings (SSSR count). The van der Waals surface area contributed by atoms with Gasteiger partial charge in [-0.3, -0.25) is 0 Å². The van der Waals surface area contributed by atoms with Crippen molar-refractivity contribution < 1.29 is 4.42 Å². The number of hydrogen-bond donors (Lipinski definition) is 1. The Labute approximate surface area is 146 Å². The number of benzene rings is 1. The molecule has 0 radical (unpaired) electrons. The molecule has 0 saturated heterocycles. The third-order valence-electron chi connectivity index (χ3n) is 3.32. The highest BCUT2D eigenvalue weighted by atomic mass is 127. The zero-order valence-electron chi connectivity index (χ0n) is 11.5. The predicted octanol–water partition coefficient (Wildman–Crippen LogP) is 5.84. The van der Waals surface area contributed by atoms with E-state index in [0.717, 1.165) is 29.7 Å². The molecular formula is C16H15ClINOS. The maximum Gasteiger partial charge on any atom is 0.152 e. The van der Waals surface area contributed by atoms with E-state index >= 15 is 0 Å². The van der Waals surface area contributed by atoms with Crippen LogP contribution < -0.4 is 5.32 Å². The summed E-state index contributed by atoms with van der Waals surface area (Å²) in [5, 5.41) is 7.45. The van der Waals surface area contributed by atoms with Gasteiger partial charge in [-0.05, 0) is 64.7 Å². The van der Waals surface area contributed by atoms with Crippen LogP contribution in [0.25, 0.3) is 11.0 Å². The Morgan fingerprint density at radius 2 is 2.24 bits per heavy atom. The minimum absolute atomic E-state index is 0.0770. The van der Waals surface area contributed by atoms with Crippen LogP contribution in [0.4, 0.5) is 0 Å². The van der Waals surface area contributed by atoms with E-state index in [4.69, 9.17) is 16.0 Å². The van der Waals surface area contributed by atoms with E-state index in [1.165, 1.54) is 8.45 Å². The van der Waals surface area contributed by atoms with E-state index in [2.05, 4.69) is 52.3 Å². The molecule has 2 nitrogen and oxygen atoms in total. The third-order valence-corrected chi connectivity index (χ3v) is 5.42. The monoisotopic (exact) mass is 431 g/mol. The molecule has 110 valence electrons. The van der Waals surface area contributed by atoms with Crippen LogP contribution in [0.1, 0.15) is 30.7 Å². The lowest BCUT2D eigenvalue weighted by atomic mass is 10.1. The first-order valence-corrected chi connectivity index (χ1v) is 9.18. The van der Waals surface area contributed by atoms with Crippen LogP contribution in [0.3, 0.4) is 0 Å². The van der Waals surface area contributed by atoms with Gasteiger partial charge in [0.1, 0.15) is 5.76 Å². The molecular weight excluding hydrogens is 417 g/mol. The summed E-state index contributed by atoms with van der Waals surface area (Å²) >= 11 is 10.3. The normalized spacial score (nSPS) is 12.9. The number of furan rings is 1. The fourth-order valence-corrected chi connectivity index (χ4v) is 3.95. The average Bonchev–Trinajstić information content (AvgIpc) is 3.07. The zero-order valence-corrected chi connectivity index (χ0v) is 15.3. The smallest absolute Gasteiger partial charge is 0.152 e. The Kier molecular flexibility index (Phi) is 4.88. The first-order valence-electron chi connectivity index (χ1n) is 6.84. The highest BCUT2D eigenvalue weighted by molar-refractivity contribution is 14.1. The molecule has 0 aliphatic carbocycles. The summed E-state index contributed by atoms with van der Waals surface area (Å²) in [7, 11) is 0. The van der Waals surface area contributed by atoms with E-state index in [9.17, 15) is 0 Å². The Bertz CT molecular complexity index is 752. The Hall–Kier alpha value is -0.560. The summed E-state index contributed by atoms with van der Waals surface area (Å²) in [4.78, 5) is 0. The highest BCUT2D eigenvalue weighted by Gasteiger charge is 2.19. The van der Waals surface area contributed by atoms with Gasteiger partial charge in [0.25, 0.3) is 0 Å². The molecule has 0 fully saturated rings. The van der Waals surface area contributed by atoms with Crippen LogP contribution >= 0.6 is 45.5 Å². The van der Waals surface area contributed by atoms with Crippen LogP contribution in [-0.4, -0.2) is 6.54 Å². The SMILES string of the molecule is CCCNC(c1csc(I)c1)c1cc2cccc(Cl)c2o1. The van der Waals surface area contributed by atoms with E-state index in [0.29, 0.717) is 5.02 Å². The van der Waals surface area contributed by atoms with E-state index in [-0.39, 0.29) is 6.04 Å². The number of thiophene rings is 1. The van der Waals surface area contributed by atoms with Crippen LogP contribution in [0.5, 0.6) is 0 Å². The van der Waals surface area contributed by atoms with Gasteiger partial charge in [0, 0.05) is 5.39 Å². The Balaban J connectivity index is 2.03. The Morgan fingerprint density at radius 1 is 1.38 bits per heavy atom. The molecule has 3 aromatic rings. The molecule has 0 aliphatic heterocycles. The van der Waals surface area contributed by atoms with Crippen molar-refractivity contribution in [1.82, 2.24) is 5.32 Å². The van der Waals surface area contributed by atoms with Crippen molar-refractivity contribution in [2.45, 2.75) is 19.4 Å². The summed E-state index contributed by atoms with van der Waals surface area (Å²) in [5.41, 5.74) is 2.01. The summed E-state index contributed by atoms with van der Waals surface area (Å²) in [6.45, 7) is 3.11. The maximum atomic E-state index is 6.22. The minimum Gasteiger partial charge on any atom is -0.457 e.